The Morgan fingerprint density at radius 2 is 1.86 bits per heavy atom. The van der Waals surface area contributed by atoms with Gasteiger partial charge in [-0.15, -0.1) is 0 Å². The lowest BCUT2D eigenvalue weighted by Crippen LogP contribution is -2.24. The van der Waals surface area contributed by atoms with Crippen molar-refractivity contribution in [3.63, 3.8) is 0 Å². The van der Waals surface area contributed by atoms with Crippen LogP contribution in [0.4, 0.5) is 5.69 Å². The molecule has 6 heteroatoms. The van der Waals surface area contributed by atoms with E-state index in [2.05, 4.69) is 10.6 Å². The molecular weight excluding hydrogens is 364 g/mol. The topological polar surface area (TPSA) is 76.0 Å². The van der Waals surface area contributed by atoms with Crippen LogP contribution in [-0.4, -0.2) is 27.9 Å². The smallest absolute Gasteiger partial charge is 0.244 e. The number of carbonyl (C=O) groups is 2. The number of imidazole rings is 1. The Bertz CT molecular complexity index is 1020. The Hall–Kier alpha value is -3.15. The second-order valence-electron chi connectivity index (χ2n) is 7.28. The van der Waals surface area contributed by atoms with E-state index in [0.717, 1.165) is 40.1 Å². The van der Waals surface area contributed by atoms with Crippen LogP contribution in [0, 0.1) is 13.8 Å². The lowest BCUT2D eigenvalue weighted by molar-refractivity contribution is -0.120. The molecule has 0 spiro atoms. The SMILES string of the molecule is CCC(=O)NCCCc1nc2ccccc2n1CC(=O)Nc1cc(C)ccc1C. The first-order valence-electron chi connectivity index (χ1n) is 10.1. The summed E-state index contributed by atoms with van der Waals surface area (Å²) in [6.45, 7) is 6.63. The number of hydrogen-bond donors (Lipinski definition) is 2. The first-order chi connectivity index (χ1) is 14.0. The maximum Gasteiger partial charge on any atom is 0.244 e. The molecule has 0 aliphatic rings. The van der Waals surface area contributed by atoms with Crippen LogP contribution < -0.4 is 10.6 Å². The van der Waals surface area contributed by atoms with Crippen molar-refractivity contribution in [2.75, 3.05) is 11.9 Å². The van der Waals surface area contributed by atoms with Crippen molar-refractivity contribution in [1.29, 1.82) is 0 Å². The molecule has 0 aliphatic heterocycles. The van der Waals surface area contributed by atoms with Gasteiger partial charge in [0.15, 0.2) is 0 Å². The average molecular weight is 393 g/mol. The number of nitrogens with zero attached hydrogens (tertiary/aromatic N) is 2. The standard InChI is InChI=1S/C23H28N4O2/c1-4-22(28)24-13-7-10-21-25-18-8-5-6-9-20(18)27(21)15-23(29)26-19-14-16(2)11-12-17(19)3/h5-6,8-9,11-12,14H,4,7,10,13,15H2,1-3H3,(H,24,28)(H,26,29). The number of hydrogen-bond acceptors (Lipinski definition) is 3. The van der Waals surface area contributed by atoms with Crippen LogP contribution in [0.2, 0.25) is 0 Å². The fraction of sp³-hybridized carbons (Fsp3) is 0.348. The molecule has 2 aromatic carbocycles. The second-order valence-corrected chi connectivity index (χ2v) is 7.28. The number of aromatic nitrogens is 2. The van der Waals surface area contributed by atoms with Gasteiger partial charge < -0.3 is 15.2 Å². The van der Waals surface area contributed by atoms with Crippen LogP contribution in [0.1, 0.15) is 36.7 Å². The van der Waals surface area contributed by atoms with Gasteiger partial charge in [-0.2, -0.15) is 0 Å². The van der Waals surface area contributed by atoms with Gasteiger partial charge in [0, 0.05) is 25.1 Å². The highest BCUT2D eigenvalue weighted by Crippen LogP contribution is 2.19. The number of amides is 2. The molecule has 0 saturated carbocycles. The molecule has 1 heterocycles. The van der Waals surface area contributed by atoms with Crippen molar-refractivity contribution in [2.24, 2.45) is 0 Å². The minimum Gasteiger partial charge on any atom is -0.356 e. The second kappa shape index (κ2) is 9.37. The third-order valence-electron chi connectivity index (χ3n) is 4.92. The summed E-state index contributed by atoms with van der Waals surface area (Å²) in [5.74, 6) is 0.821. The highest BCUT2D eigenvalue weighted by molar-refractivity contribution is 5.92. The lowest BCUT2D eigenvalue weighted by Gasteiger charge is -2.12. The zero-order valence-electron chi connectivity index (χ0n) is 17.3. The maximum absolute atomic E-state index is 12.8. The molecule has 2 amide bonds. The van der Waals surface area contributed by atoms with Crippen LogP contribution in [0.3, 0.4) is 0 Å². The summed E-state index contributed by atoms with van der Waals surface area (Å²) in [6, 6.07) is 13.9. The molecule has 0 bridgehead atoms. The number of carbonyl (C=O) groups excluding carboxylic acids is 2. The number of anilines is 1. The zero-order chi connectivity index (χ0) is 20.8. The number of benzene rings is 2. The van der Waals surface area contributed by atoms with E-state index in [0.29, 0.717) is 19.4 Å². The van der Waals surface area contributed by atoms with E-state index in [-0.39, 0.29) is 18.4 Å². The van der Waals surface area contributed by atoms with Crippen LogP contribution in [0.5, 0.6) is 0 Å². The molecule has 6 nitrogen and oxygen atoms in total. The Labute approximate surface area is 171 Å². The van der Waals surface area contributed by atoms with Crippen molar-refractivity contribution < 1.29 is 9.59 Å². The van der Waals surface area contributed by atoms with Gasteiger partial charge in [-0.3, -0.25) is 9.59 Å². The van der Waals surface area contributed by atoms with E-state index < -0.39 is 0 Å². The van der Waals surface area contributed by atoms with E-state index in [9.17, 15) is 9.59 Å². The van der Waals surface area contributed by atoms with E-state index in [1.54, 1.807) is 0 Å². The minimum absolute atomic E-state index is 0.0476. The molecule has 0 saturated heterocycles. The summed E-state index contributed by atoms with van der Waals surface area (Å²) in [6.07, 6.45) is 1.94. The fourth-order valence-electron chi connectivity index (χ4n) is 3.30. The van der Waals surface area contributed by atoms with Gasteiger partial charge in [-0.1, -0.05) is 31.2 Å². The van der Waals surface area contributed by atoms with E-state index in [1.165, 1.54) is 0 Å². The van der Waals surface area contributed by atoms with Gasteiger partial charge >= 0.3 is 0 Å². The molecule has 0 unspecified atom stereocenters. The van der Waals surface area contributed by atoms with Gasteiger partial charge in [-0.25, -0.2) is 4.98 Å². The highest BCUT2D eigenvalue weighted by atomic mass is 16.2. The first kappa shape index (κ1) is 20.6. The van der Waals surface area contributed by atoms with Crippen LogP contribution >= 0.6 is 0 Å². The molecule has 0 atom stereocenters. The number of fused-ring (bicyclic) bond motifs is 1. The average Bonchev–Trinajstić information content (AvgIpc) is 3.05. The minimum atomic E-state index is -0.0811. The number of para-hydroxylation sites is 2. The molecule has 0 radical (unpaired) electrons. The number of aryl methyl sites for hydroxylation is 3. The molecule has 152 valence electrons. The summed E-state index contributed by atoms with van der Waals surface area (Å²) >= 11 is 0. The summed E-state index contributed by atoms with van der Waals surface area (Å²) < 4.78 is 1.97. The van der Waals surface area contributed by atoms with Gasteiger partial charge in [-0.05, 0) is 49.6 Å². The molecule has 0 aliphatic carbocycles. The van der Waals surface area contributed by atoms with Crippen LogP contribution in [0.25, 0.3) is 11.0 Å². The van der Waals surface area contributed by atoms with Gasteiger partial charge in [0.25, 0.3) is 0 Å². The predicted octanol–water partition coefficient (Wildman–Crippen LogP) is 3.75. The predicted molar refractivity (Wildman–Crippen MR) is 116 cm³/mol. The third kappa shape index (κ3) is 5.22. The number of nitrogens with one attached hydrogen (secondary N) is 2. The monoisotopic (exact) mass is 392 g/mol. The van der Waals surface area contributed by atoms with Crippen molar-refractivity contribution in [2.45, 2.75) is 46.6 Å². The van der Waals surface area contributed by atoms with E-state index in [1.807, 2.05) is 67.8 Å². The molecule has 2 N–H and O–H groups in total. The quantitative estimate of drug-likeness (QED) is 0.573. The van der Waals surface area contributed by atoms with Crippen molar-refractivity contribution in [3.8, 4) is 0 Å². The lowest BCUT2D eigenvalue weighted by atomic mass is 10.1. The molecule has 3 aromatic rings. The Morgan fingerprint density at radius 3 is 2.66 bits per heavy atom. The molecule has 3 rings (SSSR count). The molecule has 29 heavy (non-hydrogen) atoms. The Kier molecular flexibility index (Phi) is 6.65. The molecular formula is C23H28N4O2. The first-order valence-corrected chi connectivity index (χ1v) is 10.1. The summed E-state index contributed by atoms with van der Waals surface area (Å²) in [5.41, 5.74) is 4.79. The molecule has 0 fully saturated rings. The zero-order valence-corrected chi connectivity index (χ0v) is 17.3. The third-order valence-corrected chi connectivity index (χ3v) is 4.92. The maximum atomic E-state index is 12.8. The largest absolute Gasteiger partial charge is 0.356 e. The van der Waals surface area contributed by atoms with Crippen LogP contribution in [0.15, 0.2) is 42.5 Å². The summed E-state index contributed by atoms with van der Waals surface area (Å²) in [7, 11) is 0. The van der Waals surface area contributed by atoms with Gasteiger partial charge in [0.05, 0.1) is 11.0 Å². The summed E-state index contributed by atoms with van der Waals surface area (Å²) in [4.78, 5) is 28.9. The van der Waals surface area contributed by atoms with E-state index >= 15 is 0 Å². The Balaban J connectivity index is 1.75. The fourth-order valence-corrected chi connectivity index (χ4v) is 3.30. The normalized spacial score (nSPS) is 10.9. The Morgan fingerprint density at radius 1 is 1.07 bits per heavy atom. The number of rotatable bonds is 8. The summed E-state index contributed by atoms with van der Waals surface area (Å²) in [5, 5.41) is 5.91. The van der Waals surface area contributed by atoms with Crippen molar-refractivity contribution in [1.82, 2.24) is 14.9 Å². The van der Waals surface area contributed by atoms with Crippen molar-refractivity contribution >= 4 is 28.5 Å². The van der Waals surface area contributed by atoms with Gasteiger partial charge in [0.1, 0.15) is 12.4 Å². The molecule has 1 aromatic heterocycles. The van der Waals surface area contributed by atoms with Crippen molar-refractivity contribution in [3.05, 3.63) is 59.4 Å². The van der Waals surface area contributed by atoms with Crippen LogP contribution in [-0.2, 0) is 22.6 Å². The van der Waals surface area contributed by atoms with E-state index in [4.69, 9.17) is 4.98 Å². The van der Waals surface area contributed by atoms with Gasteiger partial charge in [0.2, 0.25) is 11.8 Å². The highest BCUT2D eigenvalue weighted by Gasteiger charge is 2.14.